The molecule has 8 nitrogen and oxygen atoms in total. The molecule has 0 unspecified atom stereocenters. The number of methoxy groups -OCH3 is 1. The average Bonchev–Trinajstić information content (AvgIpc) is 3.24. The van der Waals surface area contributed by atoms with Crippen molar-refractivity contribution >= 4 is 23.3 Å². The Kier molecular flexibility index (Phi) is 7.50. The van der Waals surface area contributed by atoms with Gasteiger partial charge in [-0.05, 0) is 37.6 Å². The van der Waals surface area contributed by atoms with Crippen LogP contribution in [0.4, 0.5) is 10.5 Å². The van der Waals surface area contributed by atoms with Gasteiger partial charge in [-0.25, -0.2) is 4.79 Å². The van der Waals surface area contributed by atoms with E-state index in [1.165, 1.54) is 0 Å². The molecule has 9 heteroatoms. The lowest BCUT2D eigenvalue weighted by atomic mass is 10.0. The quantitative estimate of drug-likeness (QED) is 0.533. The number of hydrogen-bond acceptors (Lipinski definition) is 6. The van der Waals surface area contributed by atoms with Gasteiger partial charge in [-0.15, -0.1) is 0 Å². The van der Waals surface area contributed by atoms with Gasteiger partial charge in [0, 0.05) is 30.4 Å². The summed E-state index contributed by atoms with van der Waals surface area (Å²) in [5.74, 6) is 0. The van der Waals surface area contributed by atoms with E-state index < -0.39 is 18.3 Å². The number of hydrogen-bond donors (Lipinski definition) is 4. The summed E-state index contributed by atoms with van der Waals surface area (Å²) in [6, 6.07) is 6.36. The van der Waals surface area contributed by atoms with E-state index in [9.17, 15) is 15.0 Å². The number of nitrogens with zero attached hydrogens (tertiary/aromatic N) is 1. The van der Waals surface area contributed by atoms with Gasteiger partial charge in [-0.1, -0.05) is 17.7 Å². The maximum atomic E-state index is 12.2. The first-order valence-electron chi connectivity index (χ1n) is 9.53. The van der Waals surface area contributed by atoms with Crippen molar-refractivity contribution in [3.05, 3.63) is 29.3 Å². The molecule has 2 amide bonds. The van der Waals surface area contributed by atoms with Gasteiger partial charge < -0.3 is 30.3 Å². The molecule has 1 aromatic carbocycles. The first-order chi connectivity index (χ1) is 13.5. The lowest BCUT2D eigenvalue weighted by molar-refractivity contribution is -0.0205. The molecule has 0 aromatic heterocycles. The number of ether oxygens (including phenoxy) is 2. The molecule has 2 saturated heterocycles. The molecule has 0 spiro atoms. The summed E-state index contributed by atoms with van der Waals surface area (Å²) in [7, 11) is 1.66. The SMILES string of the molecule is COC[C@H]1CCCN1[C@@H]1[C@H](O)[C@H](CO)O[C@@H]1CNC(=O)Nc1cccc(Cl)c1. The number of rotatable bonds is 7. The number of carbonyl (C=O) groups excluding carboxylic acids is 1. The fraction of sp³-hybridized carbons (Fsp3) is 0.632. The van der Waals surface area contributed by atoms with Crippen molar-refractivity contribution in [2.45, 2.75) is 43.2 Å². The third-order valence-electron chi connectivity index (χ3n) is 5.35. The number of likely N-dealkylation sites (tertiary alicyclic amines) is 1. The van der Waals surface area contributed by atoms with Crippen LogP contribution >= 0.6 is 11.6 Å². The molecule has 4 N–H and O–H groups in total. The molecule has 3 rings (SSSR count). The highest BCUT2D eigenvalue weighted by Crippen LogP contribution is 2.31. The van der Waals surface area contributed by atoms with Gasteiger partial charge in [-0.2, -0.15) is 0 Å². The van der Waals surface area contributed by atoms with Gasteiger partial charge in [0.2, 0.25) is 0 Å². The molecule has 5 atom stereocenters. The molecule has 0 saturated carbocycles. The van der Waals surface area contributed by atoms with Crippen LogP contribution in [0, 0.1) is 0 Å². The molecule has 0 radical (unpaired) electrons. The Morgan fingerprint density at radius 2 is 2.25 bits per heavy atom. The zero-order valence-electron chi connectivity index (χ0n) is 15.9. The highest BCUT2D eigenvalue weighted by atomic mass is 35.5. The number of carbonyl (C=O) groups is 1. The normalized spacial score (nSPS) is 30.5. The standard InChI is InChI=1S/C19H28ClN3O5/c1-27-11-14-6-3-7-23(14)17-15(28-16(10-24)18(17)25)9-21-19(26)22-13-5-2-4-12(20)8-13/h2,4-5,8,14-18,24-25H,3,6-7,9-11H2,1H3,(H2,21,22,26)/t14-,15-,16+,17+,18-/m1/s1. The molecule has 156 valence electrons. The first-order valence-corrected chi connectivity index (χ1v) is 9.90. The van der Waals surface area contributed by atoms with Crippen LogP contribution < -0.4 is 10.6 Å². The van der Waals surface area contributed by atoms with Crippen molar-refractivity contribution in [3.8, 4) is 0 Å². The van der Waals surface area contributed by atoms with Crippen LogP contribution in [-0.4, -0.2) is 85.0 Å². The Balaban J connectivity index is 1.62. The minimum Gasteiger partial charge on any atom is -0.394 e. The maximum absolute atomic E-state index is 12.2. The summed E-state index contributed by atoms with van der Waals surface area (Å²) in [6.45, 7) is 1.33. The Morgan fingerprint density at radius 1 is 1.43 bits per heavy atom. The van der Waals surface area contributed by atoms with Crippen LogP contribution in [0.5, 0.6) is 0 Å². The molecule has 2 fully saturated rings. The molecule has 2 aliphatic rings. The van der Waals surface area contributed by atoms with Crippen LogP contribution in [-0.2, 0) is 9.47 Å². The molecule has 1 aromatic rings. The molecule has 28 heavy (non-hydrogen) atoms. The summed E-state index contributed by atoms with van der Waals surface area (Å²) in [5, 5.41) is 26.3. The lowest BCUT2D eigenvalue weighted by Gasteiger charge is -2.34. The van der Waals surface area contributed by atoms with Crippen LogP contribution in [0.25, 0.3) is 0 Å². The molecule has 0 bridgehead atoms. The topological polar surface area (TPSA) is 103 Å². The van der Waals surface area contributed by atoms with Gasteiger partial charge in [-0.3, -0.25) is 4.90 Å². The van der Waals surface area contributed by atoms with Gasteiger partial charge in [0.05, 0.1) is 25.4 Å². The van der Waals surface area contributed by atoms with Gasteiger partial charge in [0.15, 0.2) is 0 Å². The second kappa shape index (κ2) is 9.87. The number of aliphatic hydroxyl groups is 2. The second-order valence-electron chi connectivity index (χ2n) is 7.21. The summed E-state index contributed by atoms with van der Waals surface area (Å²) in [4.78, 5) is 14.4. The van der Waals surface area contributed by atoms with E-state index in [-0.39, 0.29) is 31.3 Å². The van der Waals surface area contributed by atoms with Crippen molar-refractivity contribution in [1.29, 1.82) is 0 Å². The minimum absolute atomic E-state index is 0.188. The number of urea groups is 1. The molecule has 2 aliphatic heterocycles. The van der Waals surface area contributed by atoms with Crippen LogP contribution in [0.1, 0.15) is 12.8 Å². The van der Waals surface area contributed by atoms with E-state index in [2.05, 4.69) is 15.5 Å². The van der Waals surface area contributed by atoms with E-state index in [4.69, 9.17) is 21.1 Å². The maximum Gasteiger partial charge on any atom is 0.319 e. The number of amides is 2. The summed E-state index contributed by atoms with van der Waals surface area (Å²) in [6.07, 6.45) is 0.0590. The highest BCUT2D eigenvalue weighted by Gasteiger charge is 2.48. The van der Waals surface area contributed by atoms with Crippen molar-refractivity contribution < 1.29 is 24.5 Å². The zero-order valence-corrected chi connectivity index (χ0v) is 16.6. The highest BCUT2D eigenvalue weighted by molar-refractivity contribution is 6.30. The third-order valence-corrected chi connectivity index (χ3v) is 5.59. The van der Waals surface area contributed by atoms with Crippen LogP contribution in [0.2, 0.25) is 5.02 Å². The largest absolute Gasteiger partial charge is 0.394 e. The number of aliphatic hydroxyl groups excluding tert-OH is 2. The van der Waals surface area contributed by atoms with E-state index >= 15 is 0 Å². The predicted molar refractivity (Wildman–Crippen MR) is 106 cm³/mol. The van der Waals surface area contributed by atoms with Crippen molar-refractivity contribution in [2.75, 3.05) is 38.7 Å². The van der Waals surface area contributed by atoms with Gasteiger partial charge in [0.1, 0.15) is 12.2 Å². The summed E-state index contributed by atoms with van der Waals surface area (Å²) in [5.41, 5.74) is 0.585. The number of nitrogens with one attached hydrogen (secondary N) is 2. The van der Waals surface area contributed by atoms with Gasteiger partial charge in [0.25, 0.3) is 0 Å². The average molecular weight is 414 g/mol. The predicted octanol–water partition coefficient (Wildman–Crippen LogP) is 1.06. The van der Waals surface area contributed by atoms with Crippen LogP contribution in [0.15, 0.2) is 24.3 Å². The number of benzene rings is 1. The smallest absolute Gasteiger partial charge is 0.319 e. The number of halogens is 1. The van der Waals surface area contributed by atoms with E-state index in [1.807, 2.05) is 0 Å². The summed E-state index contributed by atoms with van der Waals surface area (Å²) < 4.78 is 11.2. The monoisotopic (exact) mass is 413 g/mol. The van der Waals surface area contributed by atoms with E-state index in [1.54, 1.807) is 31.4 Å². The Hall–Kier alpha value is -1.42. The number of anilines is 1. The lowest BCUT2D eigenvalue weighted by Crippen LogP contribution is -2.53. The van der Waals surface area contributed by atoms with Gasteiger partial charge >= 0.3 is 6.03 Å². The fourth-order valence-electron chi connectivity index (χ4n) is 4.11. The zero-order chi connectivity index (χ0) is 20.1. The van der Waals surface area contributed by atoms with Crippen molar-refractivity contribution in [3.63, 3.8) is 0 Å². The Bertz CT molecular complexity index is 664. The van der Waals surface area contributed by atoms with Crippen LogP contribution in [0.3, 0.4) is 0 Å². The van der Waals surface area contributed by atoms with E-state index in [0.717, 1.165) is 19.4 Å². The molecular weight excluding hydrogens is 386 g/mol. The van der Waals surface area contributed by atoms with E-state index in [0.29, 0.717) is 17.3 Å². The first kappa shape index (κ1) is 21.3. The molecule has 2 heterocycles. The summed E-state index contributed by atoms with van der Waals surface area (Å²) >= 11 is 5.93. The minimum atomic E-state index is -0.828. The Labute approximate surface area is 169 Å². The van der Waals surface area contributed by atoms with Crippen molar-refractivity contribution in [2.24, 2.45) is 0 Å². The molecule has 0 aliphatic carbocycles. The fourth-order valence-corrected chi connectivity index (χ4v) is 4.30. The van der Waals surface area contributed by atoms with Crippen molar-refractivity contribution in [1.82, 2.24) is 10.2 Å². The Morgan fingerprint density at radius 3 is 2.96 bits per heavy atom. The molecular formula is C19H28ClN3O5. The third kappa shape index (κ3) is 4.94. The second-order valence-corrected chi connectivity index (χ2v) is 7.65.